The highest BCUT2D eigenvalue weighted by Crippen LogP contribution is 2.26. The third-order valence-electron chi connectivity index (χ3n) is 3.00. The molecule has 1 heterocycles. The van der Waals surface area contributed by atoms with Gasteiger partial charge in [0.25, 0.3) is 10.0 Å². The van der Waals surface area contributed by atoms with Crippen LogP contribution in [0, 0.1) is 11.7 Å². The Kier molecular flexibility index (Phi) is 3.44. The van der Waals surface area contributed by atoms with Gasteiger partial charge < -0.3 is 0 Å². The lowest BCUT2D eigenvalue weighted by atomic mass is 10.1. The molecular weight excluding hydrogens is 243 g/mol. The molecule has 1 saturated carbocycles. The molecule has 1 aliphatic rings. The van der Waals surface area contributed by atoms with E-state index in [2.05, 4.69) is 16.6 Å². The summed E-state index contributed by atoms with van der Waals surface area (Å²) in [6, 6.07) is 2.36. The highest BCUT2D eigenvalue weighted by Gasteiger charge is 2.28. The maximum Gasteiger partial charge on any atom is 0.261 e. The monoisotopic (exact) mass is 258 g/mol. The van der Waals surface area contributed by atoms with Gasteiger partial charge in [-0.3, -0.25) is 0 Å². The van der Waals surface area contributed by atoms with Gasteiger partial charge in [-0.15, -0.1) is 0 Å². The number of sulfonamides is 1. The van der Waals surface area contributed by atoms with E-state index in [9.17, 15) is 12.8 Å². The minimum atomic E-state index is -3.83. The number of hydrogen-bond donors (Lipinski definition) is 1. The Morgan fingerprint density at radius 2 is 2.24 bits per heavy atom. The number of nitrogens with one attached hydrogen (secondary N) is 1. The molecule has 2 atom stereocenters. The number of hydrogen-bond acceptors (Lipinski definition) is 3. The van der Waals surface area contributed by atoms with Crippen LogP contribution in [-0.2, 0) is 10.0 Å². The zero-order valence-electron chi connectivity index (χ0n) is 9.56. The van der Waals surface area contributed by atoms with Crippen LogP contribution in [0.4, 0.5) is 4.39 Å². The Morgan fingerprint density at radius 3 is 2.82 bits per heavy atom. The van der Waals surface area contributed by atoms with E-state index in [0.29, 0.717) is 5.92 Å². The third kappa shape index (κ3) is 2.81. The molecule has 6 heteroatoms. The van der Waals surface area contributed by atoms with Crippen LogP contribution in [0.1, 0.15) is 26.2 Å². The topological polar surface area (TPSA) is 59.1 Å². The van der Waals surface area contributed by atoms with E-state index in [1.54, 1.807) is 0 Å². The molecule has 1 aliphatic carbocycles. The predicted molar refractivity (Wildman–Crippen MR) is 61.3 cm³/mol. The molecule has 0 aliphatic heterocycles. The number of nitrogens with zero attached hydrogens (tertiary/aromatic N) is 1. The highest BCUT2D eigenvalue weighted by atomic mass is 32.2. The summed E-state index contributed by atoms with van der Waals surface area (Å²) in [6.45, 7) is 2.08. The fourth-order valence-corrected chi connectivity index (χ4v) is 3.45. The summed E-state index contributed by atoms with van der Waals surface area (Å²) in [5.41, 5.74) is 0. The van der Waals surface area contributed by atoms with Gasteiger partial charge in [-0.25, -0.2) is 22.5 Å². The summed E-state index contributed by atoms with van der Waals surface area (Å²) in [7, 11) is -3.83. The summed E-state index contributed by atoms with van der Waals surface area (Å²) >= 11 is 0. The molecule has 1 fully saturated rings. The van der Waals surface area contributed by atoms with Crippen LogP contribution < -0.4 is 4.72 Å². The fourth-order valence-electron chi connectivity index (χ4n) is 2.16. The minimum Gasteiger partial charge on any atom is -0.241 e. The molecule has 94 valence electrons. The first-order chi connectivity index (χ1) is 7.99. The minimum absolute atomic E-state index is 0.101. The molecule has 0 bridgehead atoms. The van der Waals surface area contributed by atoms with Crippen molar-refractivity contribution in [3.8, 4) is 0 Å². The molecular formula is C11H15FN2O2S. The molecule has 0 amide bonds. The van der Waals surface area contributed by atoms with Crippen molar-refractivity contribution in [2.24, 2.45) is 5.92 Å². The number of halogens is 1. The number of pyridine rings is 1. The first-order valence-corrected chi connectivity index (χ1v) is 7.10. The van der Waals surface area contributed by atoms with Crippen LogP contribution in [0.25, 0.3) is 0 Å². The number of rotatable bonds is 3. The van der Waals surface area contributed by atoms with Gasteiger partial charge in [0.2, 0.25) is 5.03 Å². The third-order valence-corrected chi connectivity index (χ3v) is 4.45. The maximum absolute atomic E-state index is 13.4. The first-order valence-electron chi connectivity index (χ1n) is 5.62. The van der Waals surface area contributed by atoms with Gasteiger partial charge in [0, 0.05) is 12.2 Å². The van der Waals surface area contributed by atoms with Crippen LogP contribution in [0.5, 0.6) is 0 Å². The van der Waals surface area contributed by atoms with E-state index < -0.39 is 20.9 Å². The van der Waals surface area contributed by atoms with Crippen LogP contribution in [0.3, 0.4) is 0 Å². The van der Waals surface area contributed by atoms with Gasteiger partial charge in [-0.1, -0.05) is 6.92 Å². The second kappa shape index (κ2) is 4.70. The zero-order chi connectivity index (χ0) is 12.5. The molecule has 1 N–H and O–H groups in total. The lowest BCUT2D eigenvalue weighted by Gasteiger charge is -2.12. The van der Waals surface area contributed by atoms with Crippen molar-refractivity contribution in [2.45, 2.75) is 37.3 Å². The van der Waals surface area contributed by atoms with E-state index in [0.717, 1.165) is 25.3 Å². The summed E-state index contributed by atoms with van der Waals surface area (Å²) in [4.78, 5) is 3.59. The van der Waals surface area contributed by atoms with E-state index in [1.807, 2.05) is 0 Å². The molecule has 1 aromatic rings. The molecule has 0 aromatic carbocycles. The Hall–Kier alpha value is -1.01. The molecule has 2 unspecified atom stereocenters. The summed E-state index contributed by atoms with van der Waals surface area (Å²) in [6.07, 6.45) is 3.87. The van der Waals surface area contributed by atoms with Gasteiger partial charge in [-0.2, -0.15) is 0 Å². The average Bonchev–Trinajstić information content (AvgIpc) is 2.63. The van der Waals surface area contributed by atoms with E-state index in [1.165, 1.54) is 12.3 Å². The van der Waals surface area contributed by atoms with E-state index >= 15 is 0 Å². The molecule has 2 rings (SSSR count). The van der Waals surface area contributed by atoms with Crippen LogP contribution in [0.2, 0.25) is 0 Å². The Balaban J connectivity index is 2.17. The Bertz CT molecular complexity index is 504. The molecule has 0 saturated heterocycles. The second-order valence-corrected chi connectivity index (χ2v) is 6.16. The Morgan fingerprint density at radius 1 is 1.47 bits per heavy atom. The number of aromatic nitrogens is 1. The van der Waals surface area contributed by atoms with Crippen LogP contribution in [0.15, 0.2) is 23.4 Å². The SMILES string of the molecule is CC1CCC(NS(=O)(=O)c2ncccc2F)C1. The highest BCUT2D eigenvalue weighted by molar-refractivity contribution is 7.89. The quantitative estimate of drug-likeness (QED) is 0.897. The average molecular weight is 258 g/mol. The summed E-state index contributed by atoms with van der Waals surface area (Å²) < 4.78 is 39.7. The normalized spacial score (nSPS) is 25.1. The lowest BCUT2D eigenvalue weighted by Crippen LogP contribution is -2.34. The molecule has 0 radical (unpaired) electrons. The fraction of sp³-hybridized carbons (Fsp3) is 0.545. The first kappa shape index (κ1) is 12.4. The molecule has 4 nitrogen and oxygen atoms in total. The molecule has 0 spiro atoms. The van der Waals surface area contributed by atoms with E-state index in [-0.39, 0.29) is 6.04 Å². The Labute approximate surface area is 100 Å². The predicted octanol–water partition coefficient (Wildman–Crippen LogP) is 1.69. The van der Waals surface area contributed by atoms with Gasteiger partial charge in [0.05, 0.1) is 0 Å². The van der Waals surface area contributed by atoms with Crippen LogP contribution >= 0.6 is 0 Å². The maximum atomic E-state index is 13.4. The van der Waals surface area contributed by atoms with Crippen LogP contribution in [-0.4, -0.2) is 19.4 Å². The van der Waals surface area contributed by atoms with Crippen molar-refractivity contribution >= 4 is 10.0 Å². The van der Waals surface area contributed by atoms with Crippen molar-refractivity contribution in [1.29, 1.82) is 0 Å². The lowest BCUT2D eigenvalue weighted by molar-refractivity contribution is 0.520. The largest absolute Gasteiger partial charge is 0.261 e. The standard InChI is InChI=1S/C11H15FN2O2S/c1-8-4-5-9(7-8)14-17(15,16)11-10(12)3-2-6-13-11/h2-3,6,8-9,14H,4-5,7H2,1H3. The van der Waals surface area contributed by atoms with Crippen molar-refractivity contribution in [1.82, 2.24) is 9.71 Å². The van der Waals surface area contributed by atoms with Gasteiger partial charge in [-0.05, 0) is 37.3 Å². The summed E-state index contributed by atoms with van der Waals surface area (Å²) in [5, 5.41) is -0.514. The van der Waals surface area contributed by atoms with Gasteiger partial charge in [0.1, 0.15) is 0 Å². The summed E-state index contributed by atoms with van der Waals surface area (Å²) in [5.74, 6) is -0.303. The smallest absolute Gasteiger partial charge is 0.241 e. The second-order valence-electron chi connectivity index (χ2n) is 4.53. The van der Waals surface area contributed by atoms with Crippen molar-refractivity contribution in [2.75, 3.05) is 0 Å². The zero-order valence-corrected chi connectivity index (χ0v) is 10.4. The molecule has 17 heavy (non-hydrogen) atoms. The van der Waals surface area contributed by atoms with E-state index in [4.69, 9.17) is 0 Å². The van der Waals surface area contributed by atoms with Crippen molar-refractivity contribution in [3.05, 3.63) is 24.1 Å². The molecule has 1 aromatic heterocycles. The van der Waals surface area contributed by atoms with Crippen molar-refractivity contribution < 1.29 is 12.8 Å². The van der Waals surface area contributed by atoms with Gasteiger partial charge in [0.15, 0.2) is 5.82 Å². The van der Waals surface area contributed by atoms with Crippen molar-refractivity contribution in [3.63, 3.8) is 0 Å². The van der Waals surface area contributed by atoms with Gasteiger partial charge >= 0.3 is 0 Å².